The van der Waals surface area contributed by atoms with E-state index in [-0.39, 0.29) is 19.1 Å². The second-order valence-corrected chi connectivity index (χ2v) is 15.4. The number of rotatable bonds is 20. The van der Waals surface area contributed by atoms with E-state index in [1.54, 1.807) is 0 Å². The lowest BCUT2D eigenvalue weighted by Gasteiger charge is -2.47. The summed E-state index contributed by atoms with van der Waals surface area (Å²) in [5.41, 5.74) is 4.91. The Kier molecular flexibility index (Phi) is 16.5. The van der Waals surface area contributed by atoms with Crippen LogP contribution in [0.5, 0.6) is 0 Å². The molecule has 5 aromatic rings. The van der Waals surface area contributed by atoms with Crippen molar-refractivity contribution < 1.29 is 47.5 Å². The number of carbonyl (C=O) groups excluding carboxylic acids is 2. The maximum atomic E-state index is 13.1. The summed E-state index contributed by atoms with van der Waals surface area (Å²) in [4.78, 5) is 26.0. The fourth-order valence-electron chi connectivity index (χ4n) is 7.85. The van der Waals surface area contributed by atoms with Crippen molar-refractivity contribution in [1.29, 1.82) is 0 Å². The van der Waals surface area contributed by atoms with Crippen molar-refractivity contribution in [3.05, 3.63) is 179 Å². The first kappa shape index (κ1) is 43.7. The van der Waals surface area contributed by atoms with Crippen LogP contribution in [0.25, 0.3) is 0 Å². The molecule has 1 amide bonds. The average Bonchev–Trinajstić information content (AvgIpc) is 3.78. The topological polar surface area (TPSA) is 120 Å². The minimum absolute atomic E-state index is 0.0535. The molecule has 0 aromatic heterocycles. The van der Waals surface area contributed by atoms with E-state index < -0.39 is 54.7 Å². The van der Waals surface area contributed by atoms with Crippen molar-refractivity contribution in [2.24, 2.45) is 5.92 Å². The predicted molar refractivity (Wildman–Crippen MR) is 228 cm³/mol. The largest absolute Gasteiger partial charge is 0.467 e. The van der Waals surface area contributed by atoms with Crippen LogP contribution in [0.3, 0.4) is 0 Å². The third kappa shape index (κ3) is 13.0. The van der Waals surface area contributed by atoms with E-state index in [4.69, 9.17) is 37.9 Å². The van der Waals surface area contributed by atoms with E-state index in [9.17, 15) is 9.59 Å². The summed E-state index contributed by atoms with van der Waals surface area (Å²) in [5, 5.41) is 2.70. The average molecular weight is 830 g/mol. The van der Waals surface area contributed by atoms with Gasteiger partial charge in [0, 0.05) is 0 Å². The van der Waals surface area contributed by atoms with Gasteiger partial charge in [0.25, 0.3) is 0 Å². The zero-order valence-corrected chi connectivity index (χ0v) is 34.5. The van der Waals surface area contributed by atoms with Crippen LogP contribution >= 0.6 is 0 Å². The maximum absolute atomic E-state index is 13.1. The molecule has 0 bridgehead atoms. The van der Waals surface area contributed by atoms with Crippen molar-refractivity contribution >= 4 is 12.1 Å². The molecule has 0 aliphatic carbocycles. The van der Waals surface area contributed by atoms with Crippen molar-refractivity contribution in [2.75, 3.05) is 20.3 Å². The van der Waals surface area contributed by atoms with Gasteiger partial charge in [-0.3, -0.25) is 0 Å². The number of ether oxygens (including phenoxy) is 8. The highest BCUT2D eigenvalue weighted by Gasteiger charge is 2.50. The minimum atomic E-state index is -1.08. The SMILES string of the molecule is COC(=O)C(NC(=O)OCc1ccccc1)C1C[C@@H](C[C@@H]2O[C@H](COCc3ccccc3)[C@H](OCc3ccccc3)[C@H](OCc3ccccc3)[C@H]2OCc2ccccc2)CO1. The molecule has 61 heavy (non-hydrogen) atoms. The van der Waals surface area contributed by atoms with E-state index in [1.807, 2.05) is 152 Å². The van der Waals surface area contributed by atoms with E-state index in [2.05, 4.69) is 5.32 Å². The first-order valence-corrected chi connectivity index (χ1v) is 20.9. The summed E-state index contributed by atoms with van der Waals surface area (Å²) in [6, 6.07) is 48.4. The van der Waals surface area contributed by atoms with Crippen molar-refractivity contribution in [3.63, 3.8) is 0 Å². The molecular formula is C50H55NO10. The molecule has 2 aliphatic rings. The first-order valence-electron chi connectivity index (χ1n) is 20.9. The van der Waals surface area contributed by atoms with Crippen LogP contribution < -0.4 is 5.32 Å². The summed E-state index contributed by atoms with van der Waals surface area (Å²) in [7, 11) is 1.29. The van der Waals surface area contributed by atoms with Gasteiger partial charge in [-0.25, -0.2) is 9.59 Å². The number of hydrogen-bond donors (Lipinski definition) is 1. The summed E-state index contributed by atoms with van der Waals surface area (Å²) in [6.07, 6.45) is -3.18. The summed E-state index contributed by atoms with van der Waals surface area (Å²) < 4.78 is 50.9. The number of benzene rings is 5. The molecule has 0 saturated carbocycles. The van der Waals surface area contributed by atoms with E-state index in [0.717, 1.165) is 27.8 Å². The van der Waals surface area contributed by atoms with E-state index >= 15 is 0 Å². The van der Waals surface area contributed by atoms with Crippen molar-refractivity contribution in [2.45, 2.75) is 88.5 Å². The maximum Gasteiger partial charge on any atom is 0.408 e. The molecule has 0 spiro atoms. The van der Waals surface area contributed by atoms with Gasteiger partial charge in [0.1, 0.15) is 31.0 Å². The molecular weight excluding hydrogens is 775 g/mol. The van der Waals surface area contributed by atoms with Gasteiger partial charge in [0.05, 0.1) is 59.0 Å². The van der Waals surface area contributed by atoms with Crippen LogP contribution in [0.1, 0.15) is 40.7 Å². The second-order valence-electron chi connectivity index (χ2n) is 15.4. The molecule has 2 heterocycles. The fourth-order valence-corrected chi connectivity index (χ4v) is 7.85. The smallest absolute Gasteiger partial charge is 0.408 e. The Morgan fingerprint density at radius 3 is 1.52 bits per heavy atom. The van der Waals surface area contributed by atoms with Crippen LogP contribution in [0.4, 0.5) is 4.79 Å². The van der Waals surface area contributed by atoms with Gasteiger partial charge >= 0.3 is 12.1 Å². The van der Waals surface area contributed by atoms with Crippen molar-refractivity contribution in [3.8, 4) is 0 Å². The highest BCUT2D eigenvalue weighted by Crippen LogP contribution is 2.36. The highest BCUT2D eigenvalue weighted by atomic mass is 16.6. The predicted octanol–water partition coefficient (Wildman–Crippen LogP) is 7.99. The fraction of sp³-hybridized carbons (Fsp3) is 0.360. The van der Waals surface area contributed by atoms with Gasteiger partial charge in [0.15, 0.2) is 6.04 Å². The van der Waals surface area contributed by atoms with Crippen LogP contribution in [-0.4, -0.2) is 75.1 Å². The van der Waals surface area contributed by atoms with Crippen molar-refractivity contribution in [1.82, 2.24) is 5.32 Å². The van der Waals surface area contributed by atoms with Gasteiger partial charge in [0.2, 0.25) is 0 Å². The van der Waals surface area contributed by atoms with Gasteiger partial charge in [-0.15, -0.1) is 0 Å². The first-order chi connectivity index (χ1) is 30.0. The summed E-state index contributed by atoms with van der Waals surface area (Å²) in [5.74, 6) is -0.696. The quantitative estimate of drug-likeness (QED) is 0.0774. The Morgan fingerprint density at radius 1 is 0.590 bits per heavy atom. The molecule has 2 aliphatic heterocycles. The monoisotopic (exact) mass is 829 g/mol. The Hall–Kier alpha value is -5.40. The molecule has 5 aromatic carbocycles. The molecule has 2 fully saturated rings. The highest BCUT2D eigenvalue weighted by molar-refractivity contribution is 5.82. The van der Waals surface area contributed by atoms with Crippen LogP contribution in [0.2, 0.25) is 0 Å². The number of methoxy groups -OCH3 is 1. The molecule has 320 valence electrons. The number of carbonyl (C=O) groups is 2. The third-order valence-electron chi connectivity index (χ3n) is 11.0. The summed E-state index contributed by atoms with van der Waals surface area (Å²) in [6.45, 7) is 1.99. The zero-order valence-electron chi connectivity index (χ0n) is 34.5. The lowest BCUT2D eigenvalue weighted by Crippen LogP contribution is -2.61. The van der Waals surface area contributed by atoms with Gasteiger partial charge in [-0.05, 0) is 46.6 Å². The molecule has 11 nitrogen and oxygen atoms in total. The van der Waals surface area contributed by atoms with Crippen LogP contribution in [-0.2, 0) is 75.7 Å². The number of amides is 1. The Bertz CT molecular complexity index is 2020. The molecule has 1 N–H and O–H groups in total. The van der Waals surface area contributed by atoms with E-state index in [1.165, 1.54) is 7.11 Å². The molecule has 11 heteroatoms. The number of esters is 1. The van der Waals surface area contributed by atoms with Crippen LogP contribution in [0.15, 0.2) is 152 Å². The third-order valence-corrected chi connectivity index (χ3v) is 11.0. The second kappa shape index (κ2) is 23.0. The Balaban J connectivity index is 1.13. The molecule has 8 atom stereocenters. The molecule has 0 radical (unpaired) electrons. The summed E-state index contributed by atoms with van der Waals surface area (Å²) >= 11 is 0. The van der Waals surface area contributed by atoms with Gasteiger partial charge in [-0.1, -0.05) is 152 Å². The number of hydrogen-bond acceptors (Lipinski definition) is 10. The van der Waals surface area contributed by atoms with Crippen LogP contribution in [0, 0.1) is 5.92 Å². The minimum Gasteiger partial charge on any atom is -0.467 e. The van der Waals surface area contributed by atoms with E-state index in [0.29, 0.717) is 45.9 Å². The number of nitrogens with one attached hydrogen (secondary N) is 1. The molecule has 2 unspecified atom stereocenters. The Labute approximate surface area is 358 Å². The van der Waals surface area contributed by atoms with Gasteiger partial charge in [-0.2, -0.15) is 0 Å². The number of alkyl carbamates (subject to hydrolysis) is 1. The lowest BCUT2D eigenvalue weighted by atomic mass is 9.87. The normalized spacial score (nSPS) is 22.9. The molecule has 7 rings (SSSR count). The standard InChI is InChI=1S/C50H55NO10/c1-54-49(52)45(51-50(53)60-33-40-25-15-6-16-26-40)42-27-41(34-56-42)28-43-46(57-30-37-19-9-3-10-20-37)48(59-32-39-23-13-5-14-24-39)47(58-31-38-21-11-4-12-22-38)44(61-43)35-55-29-36-17-7-2-8-18-36/h2-26,41-48H,27-35H2,1H3,(H,51,53)/t41-,42?,43-,44+,45?,46-,47-,48+/m0/s1. The lowest BCUT2D eigenvalue weighted by molar-refractivity contribution is -0.275. The molecule has 2 saturated heterocycles. The van der Waals surface area contributed by atoms with Gasteiger partial charge < -0.3 is 43.2 Å². The zero-order chi connectivity index (χ0) is 42.1. The Morgan fingerprint density at radius 2 is 1.03 bits per heavy atom.